The average molecular weight is 405 g/mol. The standard InChI is InChI=1S/C24H25ClN4/c1-15-7-5-6-8-19(15)24(23(2,3)4)20(16-9-11-17(25)12-10-16)13-18-21(26)27-14-28-22(18)29-24/h5-14H,1-4H3,(H3,26,27,28,29). The zero-order chi connectivity index (χ0) is 20.8. The Hall–Kier alpha value is -2.85. The highest BCUT2D eigenvalue weighted by Crippen LogP contribution is 2.55. The molecule has 0 saturated heterocycles. The first kappa shape index (κ1) is 19.5. The number of rotatable bonds is 2. The van der Waals surface area contributed by atoms with E-state index in [1.807, 2.05) is 12.1 Å². The maximum Gasteiger partial charge on any atom is 0.139 e. The van der Waals surface area contributed by atoms with Crippen LogP contribution in [-0.2, 0) is 5.54 Å². The average Bonchev–Trinajstić information content (AvgIpc) is 2.67. The molecule has 0 bridgehead atoms. The highest BCUT2D eigenvalue weighted by molar-refractivity contribution is 6.30. The maximum atomic E-state index is 6.22. The molecule has 2 heterocycles. The summed E-state index contributed by atoms with van der Waals surface area (Å²) in [5.41, 5.74) is 10.9. The summed E-state index contributed by atoms with van der Waals surface area (Å²) in [6.07, 6.45) is 3.63. The van der Waals surface area contributed by atoms with E-state index in [0.29, 0.717) is 10.8 Å². The van der Waals surface area contributed by atoms with Gasteiger partial charge >= 0.3 is 0 Å². The normalized spacial score (nSPS) is 18.6. The first-order chi connectivity index (χ1) is 13.7. The summed E-state index contributed by atoms with van der Waals surface area (Å²) in [5.74, 6) is 1.20. The highest BCUT2D eigenvalue weighted by Gasteiger charge is 2.50. The molecule has 4 rings (SSSR count). The van der Waals surface area contributed by atoms with Gasteiger partial charge in [-0.05, 0) is 52.8 Å². The molecule has 3 N–H and O–H groups in total. The number of hydrogen-bond acceptors (Lipinski definition) is 4. The lowest BCUT2D eigenvalue weighted by atomic mass is 9.61. The number of benzene rings is 2. The molecular formula is C24H25ClN4. The van der Waals surface area contributed by atoms with Crippen molar-refractivity contribution in [2.45, 2.75) is 33.2 Å². The van der Waals surface area contributed by atoms with Crippen molar-refractivity contribution in [3.8, 4) is 0 Å². The zero-order valence-electron chi connectivity index (χ0n) is 17.1. The summed E-state index contributed by atoms with van der Waals surface area (Å²) in [4.78, 5) is 8.71. The van der Waals surface area contributed by atoms with Crippen LogP contribution in [0, 0.1) is 12.3 Å². The molecule has 148 valence electrons. The van der Waals surface area contributed by atoms with Gasteiger partial charge in [0.05, 0.1) is 11.1 Å². The number of halogens is 1. The third-order valence-corrected chi connectivity index (χ3v) is 5.99. The van der Waals surface area contributed by atoms with Gasteiger partial charge in [0.15, 0.2) is 0 Å². The number of aryl methyl sites for hydroxylation is 1. The summed E-state index contributed by atoms with van der Waals surface area (Å²) in [6, 6.07) is 16.4. The Labute approximate surface area is 176 Å². The lowest BCUT2D eigenvalue weighted by Gasteiger charge is -2.50. The van der Waals surface area contributed by atoms with Gasteiger partial charge in [0.1, 0.15) is 18.0 Å². The summed E-state index contributed by atoms with van der Waals surface area (Å²) in [7, 11) is 0. The molecule has 1 atom stereocenters. The molecule has 1 unspecified atom stereocenters. The van der Waals surface area contributed by atoms with Crippen molar-refractivity contribution in [1.29, 1.82) is 0 Å². The van der Waals surface area contributed by atoms with Gasteiger partial charge in [0, 0.05) is 5.02 Å². The van der Waals surface area contributed by atoms with Gasteiger partial charge in [-0.2, -0.15) is 0 Å². The summed E-state index contributed by atoms with van der Waals surface area (Å²) in [5, 5.41) is 4.49. The van der Waals surface area contributed by atoms with Crippen molar-refractivity contribution >= 4 is 34.9 Å². The summed E-state index contributed by atoms with van der Waals surface area (Å²) < 4.78 is 0. The van der Waals surface area contributed by atoms with E-state index in [-0.39, 0.29) is 5.41 Å². The smallest absolute Gasteiger partial charge is 0.139 e. The molecule has 2 aromatic carbocycles. The first-order valence-corrected chi connectivity index (χ1v) is 10.0. The number of nitrogens with two attached hydrogens (primary N) is 1. The number of nitrogens with zero attached hydrogens (tertiary/aromatic N) is 2. The lowest BCUT2D eigenvalue weighted by molar-refractivity contribution is 0.277. The van der Waals surface area contributed by atoms with Crippen LogP contribution in [0.25, 0.3) is 11.6 Å². The van der Waals surface area contributed by atoms with E-state index in [4.69, 9.17) is 17.3 Å². The Bertz CT molecular complexity index is 1100. The van der Waals surface area contributed by atoms with Crippen LogP contribution >= 0.6 is 11.6 Å². The van der Waals surface area contributed by atoms with Gasteiger partial charge in [-0.25, -0.2) is 9.97 Å². The summed E-state index contributed by atoms with van der Waals surface area (Å²) in [6.45, 7) is 8.87. The number of hydrogen-bond donors (Lipinski definition) is 2. The topological polar surface area (TPSA) is 63.8 Å². The zero-order valence-corrected chi connectivity index (χ0v) is 17.9. The van der Waals surface area contributed by atoms with E-state index in [1.54, 1.807) is 0 Å². The summed E-state index contributed by atoms with van der Waals surface area (Å²) >= 11 is 6.19. The third-order valence-electron chi connectivity index (χ3n) is 5.74. The van der Waals surface area contributed by atoms with E-state index < -0.39 is 5.54 Å². The minimum Gasteiger partial charge on any atom is -0.383 e. The van der Waals surface area contributed by atoms with Crippen molar-refractivity contribution in [1.82, 2.24) is 9.97 Å². The second-order valence-corrected chi connectivity index (χ2v) is 8.96. The fraction of sp³-hybridized carbons (Fsp3) is 0.250. The Morgan fingerprint density at radius 2 is 1.69 bits per heavy atom. The molecule has 5 heteroatoms. The molecule has 0 aliphatic carbocycles. The van der Waals surface area contributed by atoms with Crippen LogP contribution in [0.1, 0.15) is 43.0 Å². The Kier molecular flexibility index (Phi) is 4.62. The van der Waals surface area contributed by atoms with Gasteiger partial charge in [-0.15, -0.1) is 0 Å². The largest absolute Gasteiger partial charge is 0.383 e. The van der Waals surface area contributed by atoms with E-state index in [9.17, 15) is 0 Å². The molecular weight excluding hydrogens is 380 g/mol. The third kappa shape index (κ3) is 3.08. The number of anilines is 2. The van der Waals surface area contributed by atoms with Crippen molar-refractivity contribution < 1.29 is 0 Å². The van der Waals surface area contributed by atoms with E-state index in [2.05, 4.69) is 85.5 Å². The van der Waals surface area contributed by atoms with Crippen molar-refractivity contribution in [3.05, 3.63) is 82.1 Å². The molecule has 29 heavy (non-hydrogen) atoms. The van der Waals surface area contributed by atoms with E-state index in [1.165, 1.54) is 17.5 Å². The Morgan fingerprint density at radius 3 is 2.34 bits per heavy atom. The number of nitrogen functional groups attached to an aromatic ring is 1. The van der Waals surface area contributed by atoms with Crippen LogP contribution in [0.5, 0.6) is 0 Å². The predicted octanol–water partition coefficient (Wildman–Crippen LogP) is 5.93. The van der Waals surface area contributed by atoms with Gasteiger partial charge in [-0.3, -0.25) is 0 Å². The predicted molar refractivity (Wildman–Crippen MR) is 122 cm³/mol. The Balaban J connectivity index is 2.10. The first-order valence-electron chi connectivity index (χ1n) is 9.67. The second kappa shape index (κ2) is 6.89. The molecule has 1 aliphatic rings. The van der Waals surface area contributed by atoms with Crippen LogP contribution in [-0.4, -0.2) is 9.97 Å². The fourth-order valence-corrected chi connectivity index (χ4v) is 4.41. The number of nitrogens with one attached hydrogen (secondary N) is 1. The van der Waals surface area contributed by atoms with Crippen molar-refractivity contribution in [2.75, 3.05) is 11.1 Å². The van der Waals surface area contributed by atoms with Crippen LogP contribution in [0.4, 0.5) is 11.6 Å². The van der Waals surface area contributed by atoms with Crippen LogP contribution < -0.4 is 11.1 Å². The molecule has 0 spiro atoms. The lowest BCUT2D eigenvalue weighted by Crippen LogP contribution is -2.50. The molecule has 0 saturated carbocycles. The van der Waals surface area contributed by atoms with Crippen molar-refractivity contribution in [3.63, 3.8) is 0 Å². The van der Waals surface area contributed by atoms with Gasteiger partial charge in [0.2, 0.25) is 0 Å². The molecule has 0 fully saturated rings. The molecule has 0 amide bonds. The fourth-order valence-electron chi connectivity index (χ4n) is 4.28. The minimum absolute atomic E-state index is 0.192. The van der Waals surface area contributed by atoms with Gasteiger partial charge in [0.25, 0.3) is 0 Å². The highest BCUT2D eigenvalue weighted by atomic mass is 35.5. The van der Waals surface area contributed by atoms with Crippen LogP contribution in [0.2, 0.25) is 5.02 Å². The molecule has 1 aliphatic heterocycles. The Morgan fingerprint density at radius 1 is 1.00 bits per heavy atom. The minimum atomic E-state index is -0.528. The molecule has 4 nitrogen and oxygen atoms in total. The molecule has 0 radical (unpaired) electrons. The van der Waals surface area contributed by atoms with Gasteiger partial charge in [-0.1, -0.05) is 68.8 Å². The SMILES string of the molecule is Cc1ccccc1C1(C(C)(C)C)Nc2ncnc(N)c2C=C1c1ccc(Cl)cc1. The van der Waals surface area contributed by atoms with Gasteiger partial charge < -0.3 is 11.1 Å². The monoisotopic (exact) mass is 404 g/mol. The quantitative estimate of drug-likeness (QED) is 0.555. The number of fused-ring (bicyclic) bond motifs is 1. The van der Waals surface area contributed by atoms with Crippen LogP contribution in [0.15, 0.2) is 54.9 Å². The molecule has 3 aromatic rings. The van der Waals surface area contributed by atoms with Crippen molar-refractivity contribution in [2.24, 2.45) is 5.41 Å². The maximum absolute atomic E-state index is 6.22. The molecule has 1 aromatic heterocycles. The van der Waals surface area contributed by atoms with Crippen LogP contribution in [0.3, 0.4) is 0 Å². The van der Waals surface area contributed by atoms with E-state index >= 15 is 0 Å². The van der Waals surface area contributed by atoms with E-state index in [0.717, 1.165) is 22.5 Å². The second-order valence-electron chi connectivity index (χ2n) is 8.53. The number of aromatic nitrogens is 2.